The Morgan fingerprint density at radius 3 is 2.44 bits per heavy atom. The van der Waals surface area contributed by atoms with Gasteiger partial charge in [-0.2, -0.15) is 4.31 Å². The van der Waals surface area contributed by atoms with Crippen LogP contribution in [0.15, 0.2) is 53.6 Å². The van der Waals surface area contributed by atoms with Crippen LogP contribution in [-0.2, 0) is 26.0 Å². The maximum atomic E-state index is 13.3. The Hall–Kier alpha value is -3.17. The van der Waals surface area contributed by atoms with Crippen molar-refractivity contribution >= 4 is 32.7 Å². The molecule has 3 aromatic rings. The molecule has 0 saturated carbocycles. The zero-order valence-corrected chi connectivity index (χ0v) is 20.5. The third-order valence-electron chi connectivity index (χ3n) is 6.27. The minimum Gasteiger partial charge on any atom is -0.361 e. The van der Waals surface area contributed by atoms with Crippen LogP contribution >= 0.6 is 0 Å². The zero-order chi connectivity index (χ0) is 24.5. The van der Waals surface area contributed by atoms with Gasteiger partial charge < -0.3 is 15.2 Å². The van der Waals surface area contributed by atoms with Crippen molar-refractivity contribution < 1.29 is 18.0 Å². The number of aromatic amines is 1. The first-order chi connectivity index (χ1) is 16.2. The van der Waals surface area contributed by atoms with Gasteiger partial charge >= 0.3 is 0 Å². The molecule has 0 bridgehead atoms. The topological polar surface area (TPSA) is 103 Å². The molecule has 1 atom stereocenters. The van der Waals surface area contributed by atoms with Crippen LogP contribution in [0.2, 0.25) is 0 Å². The van der Waals surface area contributed by atoms with Gasteiger partial charge in [0, 0.05) is 56.6 Å². The average Bonchev–Trinajstić information content (AvgIpc) is 3.20. The molecule has 1 unspecified atom stereocenters. The van der Waals surface area contributed by atoms with E-state index in [1.54, 1.807) is 24.0 Å². The van der Waals surface area contributed by atoms with E-state index in [9.17, 15) is 18.0 Å². The van der Waals surface area contributed by atoms with Crippen molar-refractivity contribution in [1.82, 2.24) is 19.5 Å². The number of H-pyrrole nitrogens is 1. The number of carbonyl (C=O) groups is 2. The first-order valence-electron chi connectivity index (χ1n) is 11.3. The number of hydrogen-bond acceptors (Lipinski definition) is 4. The summed E-state index contributed by atoms with van der Waals surface area (Å²) in [5.41, 5.74) is 3.63. The standard InChI is InChI=1S/C25H30N4O4S/c1-17-8-9-24(18(2)14-17)34(32,33)29-12-10-28(11-13-29)25(31)23(27-19(3)30)15-20-16-26-22-7-5-4-6-21(20)22/h4-9,14,16,23,26H,10-13,15H2,1-3H3,(H,27,30). The number of aryl methyl sites for hydroxylation is 2. The Morgan fingerprint density at radius 2 is 1.76 bits per heavy atom. The quantitative estimate of drug-likeness (QED) is 0.563. The molecule has 180 valence electrons. The van der Waals surface area contributed by atoms with Crippen molar-refractivity contribution in [2.75, 3.05) is 26.2 Å². The molecule has 0 spiro atoms. The number of benzene rings is 2. The molecule has 9 heteroatoms. The normalized spacial score (nSPS) is 15.9. The second-order valence-corrected chi connectivity index (χ2v) is 10.7. The van der Waals surface area contributed by atoms with Crippen molar-refractivity contribution in [1.29, 1.82) is 0 Å². The fraction of sp³-hybridized carbons (Fsp3) is 0.360. The molecule has 1 aromatic heterocycles. The monoisotopic (exact) mass is 482 g/mol. The SMILES string of the molecule is CC(=O)NC(Cc1c[nH]c2ccccc12)C(=O)N1CCN(S(=O)(=O)c2ccc(C)cc2C)CC1. The Balaban J connectivity index is 1.47. The number of sulfonamides is 1. The first kappa shape index (κ1) is 24.0. The van der Waals surface area contributed by atoms with Crippen molar-refractivity contribution in [2.45, 2.75) is 38.1 Å². The molecule has 1 aliphatic rings. The molecule has 1 aliphatic heterocycles. The zero-order valence-electron chi connectivity index (χ0n) is 19.7. The van der Waals surface area contributed by atoms with E-state index in [4.69, 9.17) is 0 Å². The number of piperazine rings is 1. The molecular formula is C25H30N4O4S. The van der Waals surface area contributed by atoms with Gasteiger partial charge in [0.25, 0.3) is 0 Å². The van der Waals surface area contributed by atoms with E-state index >= 15 is 0 Å². The van der Waals surface area contributed by atoms with E-state index in [2.05, 4.69) is 10.3 Å². The fourth-order valence-electron chi connectivity index (χ4n) is 4.56. The number of nitrogens with zero attached hydrogens (tertiary/aromatic N) is 2. The van der Waals surface area contributed by atoms with Crippen LogP contribution in [-0.4, -0.2) is 66.6 Å². The summed E-state index contributed by atoms with van der Waals surface area (Å²) in [6.07, 6.45) is 2.21. The van der Waals surface area contributed by atoms with Crippen LogP contribution in [0, 0.1) is 13.8 Å². The van der Waals surface area contributed by atoms with Gasteiger partial charge in [0.2, 0.25) is 21.8 Å². The Morgan fingerprint density at radius 1 is 1.06 bits per heavy atom. The lowest BCUT2D eigenvalue weighted by atomic mass is 10.0. The van der Waals surface area contributed by atoms with Gasteiger partial charge in [0.05, 0.1) is 4.90 Å². The third kappa shape index (κ3) is 4.85. The molecule has 34 heavy (non-hydrogen) atoms. The van der Waals surface area contributed by atoms with Gasteiger partial charge in [-0.3, -0.25) is 9.59 Å². The molecule has 0 aliphatic carbocycles. The summed E-state index contributed by atoms with van der Waals surface area (Å²) in [6, 6.07) is 12.4. The third-order valence-corrected chi connectivity index (χ3v) is 8.33. The highest BCUT2D eigenvalue weighted by atomic mass is 32.2. The first-order valence-corrected chi connectivity index (χ1v) is 12.8. The number of aromatic nitrogens is 1. The number of hydrogen-bond donors (Lipinski definition) is 2. The summed E-state index contributed by atoms with van der Waals surface area (Å²) >= 11 is 0. The molecule has 2 aromatic carbocycles. The largest absolute Gasteiger partial charge is 0.361 e. The van der Waals surface area contributed by atoms with Crippen molar-refractivity contribution in [3.63, 3.8) is 0 Å². The summed E-state index contributed by atoms with van der Waals surface area (Å²) in [5.74, 6) is -0.488. The second kappa shape index (κ2) is 9.60. The summed E-state index contributed by atoms with van der Waals surface area (Å²) < 4.78 is 27.8. The predicted molar refractivity (Wildman–Crippen MR) is 131 cm³/mol. The number of rotatable bonds is 6. The van der Waals surface area contributed by atoms with Crippen LogP contribution in [0.4, 0.5) is 0 Å². The average molecular weight is 483 g/mol. The molecule has 2 heterocycles. The van der Waals surface area contributed by atoms with Gasteiger partial charge in [-0.25, -0.2) is 8.42 Å². The minimum absolute atomic E-state index is 0.205. The van der Waals surface area contributed by atoms with Crippen molar-refractivity contribution in [3.05, 3.63) is 65.4 Å². The summed E-state index contributed by atoms with van der Waals surface area (Å²) in [6.45, 7) is 6.07. The number of nitrogens with one attached hydrogen (secondary N) is 2. The van der Waals surface area contributed by atoms with Crippen LogP contribution < -0.4 is 5.32 Å². The van der Waals surface area contributed by atoms with Crippen molar-refractivity contribution in [2.24, 2.45) is 0 Å². The van der Waals surface area contributed by atoms with Crippen molar-refractivity contribution in [3.8, 4) is 0 Å². The molecule has 4 rings (SSSR count). The maximum absolute atomic E-state index is 13.3. The van der Waals surface area contributed by atoms with E-state index in [0.29, 0.717) is 16.9 Å². The lowest BCUT2D eigenvalue weighted by Gasteiger charge is -2.36. The van der Waals surface area contributed by atoms with Gasteiger partial charge in [-0.05, 0) is 37.1 Å². The highest BCUT2D eigenvalue weighted by molar-refractivity contribution is 7.89. The molecular weight excluding hydrogens is 452 g/mol. The Bertz CT molecular complexity index is 1320. The van der Waals surface area contributed by atoms with Gasteiger partial charge in [-0.1, -0.05) is 35.9 Å². The summed E-state index contributed by atoms with van der Waals surface area (Å²) in [4.78, 5) is 30.3. The lowest BCUT2D eigenvalue weighted by Crippen LogP contribution is -2.56. The van der Waals surface area contributed by atoms with E-state index in [-0.39, 0.29) is 38.0 Å². The number of carbonyl (C=O) groups excluding carboxylic acids is 2. The molecule has 1 fully saturated rings. The number of para-hydroxylation sites is 1. The van der Waals surface area contributed by atoms with Crippen LogP contribution in [0.5, 0.6) is 0 Å². The Kier molecular flexibility index (Phi) is 6.77. The maximum Gasteiger partial charge on any atom is 0.245 e. The summed E-state index contributed by atoms with van der Waals surface area (Å²) in [5, 5.41) is 3.79. The molecule has 1 saturated heterocycles. The van der Waals surface area contributed by atoms with E-state index in [1.165, 1.54) is 11.2 Å². The number of fused-ring (bicyclic) bond motifs is 1. The minimum atomic E-state index is -3.64. The van der Waals surface area contributed by atoms with E-state index in [1.807, 2.05) is 43.5 Å². The van der Waals surface area contributed by atoms with Crippen LogP contribution in [0.1, 0.15) is 23.6 Å². The van der Waals surface area contributed by atoms with Crippen LogP contribution in [0.25, 0.3) is 10.9 Å². The van der Waals surface area contributed by atoms with E-state index < -0.39 is 16.1 Å². The summed E-state index contributed by atoms with van der Waals surface area (Å²) in [7, 11) is -3.64. The molecule has 0 radical (unpaired) electrons. The fourth-order valence-corrected chi connectivity index (χ4v) is 6.19. The molecule has 8 nitrogen and oxygen atoms in total. The van der Waals surface area contributed by atoms with Gasteiger partial charge in [-0.15, -0.1) is 0 Å². The van der Waals surface area contributed by atoms with Gasteiger partial charge in [0.1, 0.15) is 6.04 Å². The molecule has 2 amide bonds. The lowest BCUT2D eigenvalue weighted by molar-refractivity contribution is -0.137. The van der Waals surface area contributed by atoms with E-state index in [0.717, 1.165) is 22.0 Å². The number of amides is 2. The Labute approximate surface area is 200 Å². The second-order valence-electron chi connectivity index (χ2n) is 8.82. The highest BCUT2D eigenvalue weighted by Crippen LogP contribution is 2.23. The molecule has 2 N–H and O–H groups in total. The smallest absolute Gasteiger partial charge is 0.245 e. The highest BCUT2D eigenvalue weighted by Gasteiger charge is 2.33. The van der Waals surface area contributed by atoms with Crippen LogP contribution in [0.3, 0.4) is 0 Å². The van der Waals surface area contributed by atoms with Gasteiger partial charge in [0.15, 0.2) is 0 Å². The predicted octanol–water partition coefficient (Wildman–Crippen LogP) is 2.37.